The summed E-state index contributed by atoms with van der Waals surface area (Å²) in [5.74, 6) is 1.87. The van der Waals surface area contributed by atoms with E-state index >= 15 is 0 Å². The number of rotatable bonds is 6. The van der Waals surface area contributed by atoms with Crippen LogP contribution in [0.2, 0.25) is 0 Å². The van der Waals surface area contributed by atoms with E-state index < -0.39 is 0 Å². The van der Waals surface area contributed by atoms with E-state index in [1.54, 1.807) is 0 Å². The zero-order valence-electron chi connectivity index (χ0n) is 14.7. The quantitative estimate of drug-likeness (QED) is 0.810. The number of ether oxygens (including phenoxy) is 1. The topological polar surface area (TPSA) is 54.6 Å². The molecule has 0 aromatic carbocycles. The Hall–Kier alpha value is -1.92. The van der Waals surface area contributed by atoms with Crippen molar-refractivity contribution in [2.24, 2.45) is 0 Å². The van der Waals surface area contributed by atoms with Crippen molar-refractivity contribution in [3.05, 3.63) is 41.4 Å². The molecule has 3 rings (SSSR count). The van der Waals surface area contributed by atoms with Gasteiger partial charge in [0.25, 0.3) is 0 Å². The Morgan fingerprint density at radius 1 is 1.33 bits per heavy atom. The lowest BCUT2D eigenvalue weighted by atomic mass is 10.1. The summed E-state index contributed by atoms with van der Waals surface area (Å²) in [6.07, 6.45) is 4.17. The van der Waals surface area contributed by atoms with Crippen LogP contribution in [-0.2, 0) is 17.7 Å². The lowest BCUT2D eigenvalue weighted by Gasteiger charge is -2.32. The number of hydrogen-bond donors (Lipinski definition) is 0. The summed E-state index contributed by atoms with van der Waals surface area (Å²) in [4.78, 5) is 8.79. The van der Waals surface area contributed by atoms with Crippen LogP contribution in [0.1, 0.15) is 23.4 Å². The lowest BCUT2D eigenvalue weighted by Crippen LogP contribution is -2.42. The maximum Gasteiger partial charge on any atom is 0.133 e. The molecular formula is C18H26N4O2. The largest absolute Gasteiger partial charge is 0.376 e. The number of hydrogen-bond acceptors (Lipinski definition) is 6. The average Bonchev–Trinajstić information content (AvgIpc) is 2.98. The minimum absolute atomic E-state index is 0.266. The Bertz CT molecular complexity index is 656. The number of aryl methyl sites for hydroxylation is 2. The fourth-order valence-corrected chi connectivity index (χ4v) is 3.01. The van der Waals surface area contributed by atoms with Crippen molar-refractivity contribution in [1.82, 2.24) is 15.0 Å². The molecule has 0 saturated carbocycles. The van der Waals surface area contributed by atoms with Crippen molar-refractivity contribution in [1.29, 1.82) is 0 Å². The highest BCUT2D eigenvalue weighted by molar-refractivity contribution is 5.39. The predicted molar refractivity (Wildman–Crippen MR) is 93.1 cm³/mol. The third-order valence-corrected chi connectivity index (χ3v) is 4.31. The third-order valence-electron chi connectivity index (χ3n) is 4.31. The van der Waals surface area contributed by atoms with Crippen molar-refractivity contribution < 1.29 is 9.26 Å². The van der Waals surface area contributed by atoms with Gasteiger partial charge >= 0.3 is 0 Å². The average molecular weight is 330 g/mol. The Balaban J connectivity index is 1.51. The summed E-state index contributed by atoms with van der Waals surface area (Å²) >= 11 is 0. The van der Waals surface area contributed by atoms with E-state index in [1.807, 2.05) is 38.2 Å². The van der Waals surface area contributed by atoms with Crippen LogP contribution in [0.3, 0.4) is 0 Å². The van der Waals surface area contributed by atoms with Gasteiger partial charge < -0.3 is 14.2 Å². The third kappa shape index (κ3) is 4.55. The van der Waals surface area contributed by atoms with Crippen molar-refractivity contribution in [3.63, 3.8) is 0 Å². The number of morpholine rings is 1. The zero-order valence-corrected chi connectivity index (χ0v) is 14.7. The number of anilines is 1. The van der Waals surface area contributed by atoms with E-state index in [2.05, 4.69) is 27.2 Å². The molecule has 0 aliphatic carbocycles. The second kappa shape index (κ2) is 7.77. The molecule has 24 heavy (non-hydrogen) atoms. The first-order chi connectivity index (χ1) is 11.6. The molecule has 0 radical (unpaired) electrons. The molecule has 1 atom stereocenters. The summed E-state index contributed by atoms with van der Waals surface area (Å²) in [7, 11) is 4.03. The van der Waals surface area contributed by atoms with Gasteiger partial charge in [-0.05, 0) is 37.5 Å². The molecule has 0 unspecified atom stereocenters. The SMILES string of the molecule is Cc1cc(CN2CCO[C@H](CCc3ccnc(N(C)C)c3)C2)no1. The molecule has 130 valence electrons. The lowest BCUT2D eigenvalue weighted by molar-refractivity contribution is -0.0351. The molecule has 3 heterocycles. The van der Waals surface area contributed by atoms with E-state index in [1.165, 1.54) is 5.56 Å². The normalized spacial score (nSPS) is 18.7. The van der Waals surface area contributed by atoms with Crippen LogP contribution in [0.5, 0.6) is 0 Å². The number of pyridine rings is 1. The maximum atomic E-state index is 5.94. The Morgan fingerprint density at radius 3 is 2.96 bits per heavy atom. The molecule has 1 fully saturated rings. The minimum Gasteiger partial charge on any atom is -0.376 e. The standard InChI is InChI=1S/C18H26N4O2/c1-14-10-16(20-24-14)12-22-8-9-23-17(13-22)5-4-15-6-7-19-18(11-15)21(2)3/h6-7,10-11,17H,4-5,8-9,12-13H2,1-3H3/t17-/m1/s1. The van der Waals surface area contributed by atoms with Gasteiger partial charge in [0.2, 0.25) is 0 Å². The molecule has 0 spiro atoms. The molecule has 2 aromatic heterocycles. The van der Waals surface area contributed by atoms with Gasteiger partial charge in [0.1, 0.15) is 11.6 Å². The van der Waals surface area contributed by atoms with Crippen LogP contribution >= 0.6 is 0 Å². The minimum atomic E-state index is 0.266. The molecule has 1 aliphatic heterocycles. The summed E-state index contributed by atoms with van der Waals surface area (Å²) < 4.78 is 11.1. The predicted octanol–water partition coefficient (Wildman–Crippen LogP) is 2.28. The smallest absolute Gasteiger partial charge is 0.133 e. The summed E-state index contributed by atoms with van der Waals surface area (Å²) in [5.41, 5.74) is 2.31. The van der Waals surface area contributed by atoms with Crippen molar-refractivity contribution in [2.45, 2.75) is 32.4 Å². The summed E-state index contributed by atoms with van der Waals surface area (Å²) in [6, 6.07) is 6.24. The highest BCUT2D eigenvalue weighted by Crippen LogP contribution is 2.17. The van der Waals surface area contributed by atoms with Crippen molar-refractivity contribution in [2.75, 3.05) is 38.7 Å². The summed E-state index contributed by atoms with van der Waals surface area (Å²) in [6.45, 7) is 5.42. The van der Waals surface area contributed by atoms with Gasteiger partial charge in [-0.2, -0.15) is 0 Å². The van der Waals surface area contributed by atoms with Crippen molar-refractivity contribution >= 4 is 5.82 Å². The van der Waals surface area contributed by atoms with Gasteiger partial charge in [-0.1, -0.05) is 5.16 Å². The van der Waals surface area contributed by atoms with Crippen LogP contribution in [0.15, 0.2) is 28.9 Å². The van der Waals surface area contributed by atoms with Crippen LogP contribution in [0.4, 0.5) is 5.82 Å². The van der Waals surface area contributed by atoms with Crippen molar-refractivity contribution in [3.8, 4) is 0 Å². The maximum absolute atomic E-state index is 5.94. The second-order valence-corrected chi connectivity index (χ2v) is 6.61. The highest BCUT2D eigenvalue weighted by Gasteiger charge is 2.21. The van der Waals surface area contributed by atoms with E-state index in [0.29, 0.717) is 0 Å². The van der Waals surface area contributed by atoms with Gasteiger partial charge in [-0.15, -0.1) is 0 Å². The molecule has 1 aliphatic rings. The first kappa shape index (κ1) is 16.9. The van der Waals surface area contributed by atoms with Crippen LogP contribution in [0.25, 0.3) is 0 Å². The Kier molecular flexibility index (Phi) is 5.48. The molecule has 6 heteroatoms. The van der Waals surface area contributed by atoms with Gasteiger partial charge in [-0.3, -0.25) is 4.90 Å². The first-order valence-corrected chi connectivity index (χ1v) is 8.48. The Labute approximate surface area is 143 Å². The zero-order chi connectivity index (χ0) is 16.9. The van der Waals surface area contributed by atoms with Gasteiger partial charge in [0.05, 0.1) is 18.4 Å². The fraction of sp³-hybridized carbons (Fsp3) is 0.556. The molecule has 0 bridgehead atoms. The van der Waals surface area contributed by atoms with Crippen LogP contribution < -0.4 is 4.90 Å². The monoisotopic (exact) mass is 330 g/mol. The fourth-order valence-electron chi connectivity index (χ4n) is 3.01. The second-order valence-electron chi connectivity index (χ2n) is 6.61. The van der Waals surface area contributed by atoms with Crippen LogP contribution in [0, 0.1) is 6.92 Å². The number of nitrogens with zero attached hydrogens (tertiary/aromatic N) is 4. The summed E-state index contributed by atoms with van der Waals surface area (Å²) in [5, 5.41) is 4.09. The van der Waals surface area contributed by atoms with E-state index in [-0.39, 0.29) is 6.10 Å². The molecule has 0 N–H and O–H groups in total. The number of aromatic nitrogens is 2. The van der Waals surface area contributed by atoms with Gasteiger partial charge in [0, 0.05) is 46.0 Å². The Morgan fingerprint density at radius 2 is 2.21 bits per heavy atom. The molecule has 6 nitrogen and oxygen atoms in total. The van der Waals surface area contributed by atoms with E-state index in [9.17, 15) is 0 Å². The van der Waals surface area contributed by atoms with Gasteiger partial charge in [-0.25, -0.2) is 4.98 Å². The molecule has 0 amide bonds. The van der Waals surface area contributed by atoms with Gasteiger partial charge in [0.15, 0.2) is 0 Å². The van der Waals surface area contributed by atoms with E-state index in [0.717, 1.165) is 56.4 Å². The molecular weight excluding hydrogens is 304 g/mol. The molecule has 1 saturated heterocycles. The first-order valence-electron chi connectivity index (χ1n) is 8.48. The molecule has 2 aromatic rings. The van der Waals surface area contributed by atoms with E-state index in [4.69, 9.17) is 9.26 Å². The van der Waals surface area contributed by atoms with Crippen LogP contribution in [-0.4, -0.2) is 54.9 Å². The highest BCUT2D eigenvalue weighted by atomic mass is 16.5.